The van der Waals surface area contributed by atoms with Crippen molar-refractivity contribution in [3.05, 3.63) is 61.3 Å². The Morgan fingerprint density at radius 3 is 2.29 bits per heavy atom. The molecule has 92 valence electrons. The summed E-state index contributed by atoms with van der Waals surface area (Å²) in [5, 5.41) is 0. The van der Waals surface area contributed by atoms with E-state index in [-0.39, 0.29) is 0 Å². The minimum atomic E-state index is 0.999. The molecule has 0 fully saturated rings. The fourth-order valence-electron chi connectivity index (χ4n) is 0.968. The lowest BCUT2D eigenvalue weighted by Gasteiger charge is -1.94. The number of hydrogen-bond donors (Lipinski definition) is 0. The van der Waals surface area contributed by atoms with E-state index in [4.69, 9.17) is 0 Å². The average Bonchev–Trinajstić information content (AvgIpc) is 2.34. The first kappa shape index (κ1) is 17.6. The predicted molar refractivity (Wildman–Crippen MR) is 80.8 cm³/mol. The second kappa shape index (κ2) is 16.7. The van der Waals surface area contributed by atoms with E-state index in [2.05, 4.69) is 56.2 Å². The third-order valence-electron chi connectivity index (χ3n) is 1.74. The first-order valence-corrected chi connectivity index (χ1v) is 5.89. The molecule has 0 amide bonds. The van der Waals surface area contributed by atoms with Crippen LogP contribution in [0.5, 0.6) is 0 Å². The van der Waals surface area contributed by atoms with Crippen molar-refractivity contribution >= 4 is 0 Å². The lowest BCUT2D eigenvalue weighted by atomic mass is 10.1. The van der Waals surface area contributed by atoms with E-state index in [0.717, 1.165) is 12.8 Å². The van der Waals surface area contributed by atoms with Crippen molar-refractivity contribution in [2.45, 2.75) is 33.6 Å². The van der Waals surface area contributed by atoms with Crippen molar-refractivity contribution in [2.75, 3.05) is 0 Å². The van der Waals surface area contributed by atoms with Gasteiger partial charge in [-0.2, -0.15) is 0 Å². The van der Waals surface area contributed by atoms with Gasteiger partial charge < -0.3 is 0 Å². The molecule has 0 rings (SSSR count). The van der Waals surface area contributed by atoms with Crippen LogP contribution in [0.25, 0.3) is 0 Å². The molecule has 0 aromatic carbocycles. The van der Waals surface area contributed by atoms with E-state index in [0.29, 0.717) is 0 Å². The summed E-state index contributed by atoms with van der Waals surface area (Å²) >= 11 is 0. The van der Waals surface area contributed by atoms with Gasteiger partial charge in [-0.05, 0) is 38.3 Å². The molecule has 0 unspecified atom stereocenters. The monoisotopic (exact) mass is 228 g/mol. The third-order valence-corrected chi connectivity index (χ3v) is 1.74. The summed E-state index contributed by atoms with van der Waals surface area (Å²) in [6.07, 6.45) is 16.1. The molecule has 17 heavy (non-hydrogen) atoms. The van der Waals surface area contributed by atoms with Crippen LogP contribution in [0.3, 0.4) is 0 Å². The molecule has 0 aromatic heterocycles. The minimum absolute atomic E-state index is 0.999. The molecule has 0 nitrogen and oxygen atoms in total. The van der Waals surface area contributed by atoms with E-state index in [1.807, 2.05) is 19.1 Å². The molecular formula is C17H24. The highest BCUT2D eigenvalue weighted by molar-refractivity contribution is 5.25. The zero-order chi connectivity index (χ0) is 13.4. The van der Waals surface area contributed by atoms with E-state index >= 15 is 0 Å². The van der Waals surface area contributed by atoms with Crippen molar-refractivity contribution < 1.29 is 0 Å². The Kier molecular flexibility index (Phi) is 17.3. The van der Waals surface area contributed by atoms with Gasteiger partial charge in [0.2, 0.25) is 0 Å². The molecule has 0 aliphatic rings. The van der Waals surface area contributed by atoms with Crippen LogP contribution in [0.2, 0.25) is 0 Å². The van der Waals surface area contributed by atoms with Gasteiger partial charge in [0.25, 0.3) is 0 Å². The quantitative estimate of drug-likeness (QED) is 0.343. The summed E-state index contributed by atoms with van der Waals surface area (Å²) in [5.41, 5.74) is 1.31. The Balaban J connectivity index is 0. The first-order valence-electron chi connectivity index (χ1n) is 5.89. The number of rotatable bonds is 5. The van der Waals surface area contributed by atoms with Crippen LogP contribution in [0, 0.1) is 11.8 Å². The number of hydrogen-bond acceptors (Lipinski definition) is 0. The molecule has 0 aliphatic heterocycles. The first-order chi connectivity index (χ1) is 8.26. The number of allylic oxidation sites excluding steroid dienone is 8. The zero-order valence-electron chi connectivity index (χ0n) is 11.4. The fraction of sp³-hybridized carbons (Fsp3) is 0.294. The summed E-state index contributed by atoms with van der Waals surface area (Å²) in [5.74, 6) is 5.27. The Labute approximate surface area is 107 Å². The molecule has 0 radical (unpaired) electrons. The molecule has 0 spiro atoms. The van der Waals surface area contributed by atoms with Gasteiger partial charge in [0.1, 0.15) is 0 Å². The molecule has 0 N–H and O–H groups in total. The Morgan fingerprint density at radius 1 is 1.24 bits per heavy atom. The molecule has 0 bridgehead atoms. The highest BCUT2D eigenvalue weighted by Crippen LogP contribution is 2.05. The van der Waals surface area contributed by atoms with Crippen molar-refractivity contribution in [3.8, 4) is 11.8 Å². The van der Waals surface area contributed by atoms with Gasteiger partial charge in [-0.25, -0.2) is 0 Å². The molecular weight excluding hydrogens is 204 g/mol. The van der Waals surface area contributed by atoms with Gasteiger partial charge >= 0.3 is 0 Å². The maximum absolute atomic E-state index is 3.68. The van der Waals surface area contributed by atoms with Gasteiger partial charge in [0, 0.05) is 0 Å². The maximum atomic E-state index is 3.68. The third kappa shape index (κ3) is 16.9. The van der Waals surface area contributed by atoms with E-state index in [9.17, 15) is 0 Å². The molecule has 0 heteroatoms. The average molecular weight is 228 g/mol. The molecule has 0 aliphatic carbocycles. The lowest BCUT2D eigenvalue weighted by Crippen LogP contribution is -1.74. The van der Waals surface area contributed by atoms with Crippen LogP contribution in [0.15, 0.2) is 61.3 Å². The van der Waals surface area contributed by atoms with Gasteiger partial charge in [0.15, 0.2) is 0 Å². The molecule has 0 atom stereocenters. The highest BCUT2D eigenvalue weighted by Gasteiger charge is 1.85. The van der Waals surface area contributed by atoms with Crippen LogP contribution in [0.1, 0.15) is 33.6 Å². The van der Waals surface area contributed by atoms with Crippen molar-refractivity contribution in [1.82, 2.24) is 0 Å². The van der Waals surface area contributed by atoms with E-state index < -0.39 is 0 Å². The van der Waals surface area contributed by atoms with E-state index in [1.54, 1.807) is 13.0 Å². The second-order valence-corrected chi connectivity index (χ2v) is 3.16. The van der Waals surface area contributed by atoms with Gasteiger partial charge in [-0.1, -0.05) is 62.5 Å². The van der Waals surface area contributed by atoms with E-state index in [1.165, 1.54) is 5.57 Å². The smallest absolute Gasteiger partial charge is 0.00235 e. The standard InChI is InChI=1S/C12H18.C5H6/c1-4-7-10-12(9-6-3)11-8-5-2;1-3-5-4-2/h4,6-9,11H,3,5,10H2,1-2H3;3H,1H2,2H3/b7-4-,11-8-,12-9-;. The van der Waals surface area contributed by atoms with Crippen molar-refractivity contribution in [3.63, 3.8) is 0 Å². The topological polar surface area (TPSA) is 0 Å². The molecule has 0 saturated heterocycles. The van der Waals surface area contributed by atoms with Gasteiger partial charge in [0.05, 0.1) is 0 Å². The summed E-state index contributed by atoms with van der Waals surface area (Å²) in [7, 11) is 0. The zero-order valence-corrected chi connectivity index (χ0v) is 11.4. The Hall–Kier alpha value is -1.74. The van der Waals surface area contributed by atoms with Crippen LogP contribution in [-0.2, 0) is 0 Å². The minimum Gasteiger partial charge on any atom is -0.102 e. The Morgan fingerprint density at radius 2 is 1.94 bits per heavy atom. The summed E-state index contributed by atoms with van der Waals surface area (Å²) in [4.78, 5) is 0. The molecule has 0 aromatic rings. The van der Waals surface area contributed by atoms with Crippen molar-refractivity contribution in [1.29, 1.82) is 0 Å². The van der Waals surface area contributed by atoms with Crippen LogP contribution < -0.4 is 0 Å². The Bertz CT molecular complexity index is 327. The largest absolute Gasteiger partial charge is 0.102 e. The summed E-state index contributed by atoms with van der Waals surface area (Å²) in [6.45, 7) is 13.0. The molecule has 0 heterocycles. The SMILES string of the molecule is C=C/C=C(\C=C/CC)C/C=C\C.C=CC#CC. The van der Waals surface area contributed by atoms with Crippen molar-refractivity contribution in [2.24, 2.45) is 0 Å². The normalized spacial score (nSPS) is 10.4. The van der Waals surface area contributed by atoms with Gasteiger partial charge in [-0.3, -0.25) is 0 Å². The van der Waals surface area contributed by atoms with Crippen LogP contribution in [0.4, 0.5) is 0 Å². The van der Waals surface area contributed by atoms with Gasteiger partial charge in [-0.15, -0.1) is 5.92 Å². The van der Waals surface area contributed by atoms with Crippen LogP contribution in [-0.4, -0.2) is 0 Å². The predicted octanol–water partition coefficient (Wildman–Crippen LogP) is 5.23. The highest BCUT2D eigenvalue weighted by atomic mass is 13.9. The second-order valence-electron chi connectivity index (χ2n) is 3.16. The summed E-state index contributed by atoms with van der Waals surface area (Å²) < 4.78 is 0. The summed E-state index contributed by atoms with van der Waals surface area (Å²) in [6, 6.07) is 0. The maximum Gasteiger partial charge on any atom is -0.00235 e. The van der Waals surface area contributed by atoms with Crippen LogP contribution >= 0.6 is 0 Å². The fourth-order valence-corrected chi connectivity index (χ4v) is 0.968. The molecule has 0 saturated carbocycles. The lowest BCUT2D eigenvalue weighted by molar-refractivity contribution is 1.20.